The molecule has 0 amide bonds. The van der Waals surface area contributed by atoms with Crippen molar-refractivity contribution in [2.75, 3.05) is 6.54 Å². The molecule has 0 radical (unpaired) electrons. The predicted octanol–water partition coefficient (Wildman–Crippen LogP) is 2.18. The van der Waals surface area contributed by atoms with E-state index in [4.69, 9.17) is 5.73 Å². The van der Waals surface area contributed by atoms with Crippen molar-refractivity contribution in [2.45, 2.75) is 69.4 Å². The monoisotopic (exact) mass is 196 g/mol. The van der Waals surface area contributed by atoms with Crippen molar-refractivity contribution in [3.8, 4) is 0 Å². The van der Waals surface area contributed by atoms with E-state index in [1.165, 1.54) is 57.8 Å². The smallest absolute Gasteiger partial charge is 0.0280 e. The van der Waals surface area contributed by atoms with Gasteiger partial charge in [-0.2, -0.15) is 0 Å². The molecular weight excluding hydrogens is 172 g/mol. The second-order valence-corrected chi connectivity index (χ2v) is 5.29. The average Bonchev–Trinajstić information content (AvgIpc) is 2.40. The van der Waals surface area contributed by atoms with Crippen molar-refractivity contribution >= 4 is 0 Å². The first-order valence-corrected chi connectivity index (χ1v) is 6.31. The molecule has 82 valence electrons. The first kappa shape index (κ1) is 10.4. The highest BCUT2D eigenvalue weighted by molar-refractivity contribution is 4.95. The molecular formula is C12H24N2. The fraction of sp³-hybridized carbons (Fsp3) is 1.00. The number of rotatable bonds is 3. The van der Waals surface area contributed by atoms with E-state index in [-0.39, 0.29) is 5.54 Å². The third kappa shape index (κ3) is 2.71. The van der Waals surface area contributed by atoms with Crippen LogP contribution in [0.25, 0.3) is 0 Å². The molecule has 14 heavy (non-hydrogen) atoms. The first-order chi connectivity index (χ1) is 6.79. The van der Waals surface area contributed by atoms with E-state index >= 15 is 0 Å². The summed E-state index contributed by atoms with van der Waals surface area (Å²) in [6, 6.07) is 0.763. The number of nitrogens with one attached hydrogen (secondary N) is 1. The fourth-order valence-electron chi connectivity index (χ4n) is 2.64. The molecule has 0 aromatic carbocycles. The molecule has 0 heterocycles. The lowest BCUT2D eigenvalue weighted by Crippen LogP contribution is -2.55. The second kappa shape index (κ2) is 4.63. The Labute approximate surface area is 87.6 Å². The predicted molar refractivity (Wildman–Crippen MR) is 60.3 cm³/mol. The van der Waals surface area contributed by atoms with E-state index < -0.39 is 0 Å². The van der Waals surface area contributed by atoms with Crippen LogP contribution in [-0.2, 0) is 0 Å². The van der Waals surface area contributed by atoms with Gasteiger partial charge in [0.1, 0.15) is 0 Å². The van der Waals surface area contributed by atoms with Crippen molar-refractivity contribution in [1.82, 2.24) is 5.32 Å². The minimum atomic E-state index is 0.159. The number of hydrogen-bond donors (Lipinski definition) is 2. The van der Waals surface area contributed by atoms with Crippen LogP contribution in [0.1, 0.15) is 57.8 Å². The Hall–Kier alpha value is -0.0800. The van der Waals surface area contributed by atoms with Gasteiger partial charge in [0.15, 0.2) is 0 Å². The van der Waals surface area contributed by atoms with Gasteiger partial charge in [0.2, 0.25) is 0 Å². The highest BCUT2D eigenvalue weighted by Gasteiger charge is 2.32. The molecule has 0 saturated heterocycles. The minimum Gasteiger partial charge on any atom is -0.324 e. The maximum atomic E-state index is 6.20. The lowest BCUT2D eigenvalue weighted by molar-refractivity contribution is 0.227. The summed E-state index contributed by atoms with van der Waals surface area (Å²) in [7, 11) is 0. The molecule has 2 saturated carbocycles. The summed E-state index contributed by atoms with van der Waals surface area (Å²) in [6.45, 7) is 1.05. The minimum absolute atomic E-state index is 0.159. The van der Waals surface area contributed by atoms with Gasteiger partial charge < -0.3 is 11.1 Å². The van der Waals surface area contributed by atoms with Crippen LogP contribution in [0.4, 0.5) is 0 Å². The maximum Gasteiger partial charge on any atom is 0.0280 e. The summed E-state index contributed by atoms with van der Waals surface area (Å²) in [5.74, 6) is 0. The van der Waals surface area contributed by atoms with Gasteiger partial charge in [-0.25, -0.2) is 0 Å². The van der Waals surface area contributed by atoms with Crippen LogP contribution < -0.4 is 11.1 Å². The Morgan fingerprint density at radius 3 is 2.14 bits per heavy atom. The molecule has 2 fully saturated rings. The second-order valence-electron chi connectivity index (χ2n) is 5.29. The van der Waals surface area contributed by atoms with E-state index in [1.807, 2.05) is 0 Å². The SMILES string of the molecule is NC1(CNC2CCCCCC2)CCC1. The molecule has 2 aliphatic carbocycles. The van der Waals surface area contributed by atoms with E-state index in [0.717, 1.165) is 12.6 Å². The highest BCUT2D eigenvalue weighted by atomic mass is 15.0. The molecule has 2 aliphatic rings. The normalized spacial score (nSPS) is 28.1. The Balaban J connectivity index is 1.68. The first-order valence-electron chi connectivity index (χ1n) is 6.31. The van der Waals surface area contributed by atoms with Crippen LogP contribution in [0.3, 0.4) is 0 Å². The van der Waals surface area contributed by atoms with E-state index in [0.29, 0.717) is 0 Å². The van der Waals surface area contributed by atoms with Crippen molar-refractivity contribution in [3.63, 3.8) is 0 Å². The standard InChI is InChI=1S/C12H24N2/c13-12(8-5-9-12)10-14-11-6-3-1-2-4-7-11/h11,14H,1-10,13H2. The molecule has 0 aliphatic heterocycles. The summed E-state index contributed by atoms with van der Waals surface area (Å²) in [5.41, 5.74) is 6.36. The Bertz CT molecular complexity index is 167. The van der Waals surface area contributed by atoms with E-state index in [2.05, 4.69) is 5.32 Å². The fourth-order valence-corrected chi connectivity index (χ4v) is 2.64. The lowest BCUT2D eigenvalue weighted by atomic mass is 9.77. The van der Waals surface area contributed by atoms with Crippen LogP contribution in [0.2, 0.25) is 0 Å². The zero-order valence-electron chi connectivity index (χ0n) is 9.23. The molecule has 0 unspecified atom stereocenters. The average molecular weight is 196 g/mol. The van der Waals surface area contributed by atoms with E-state index in [9.17, 15) is 0 Å². The summed E-state index contributed by atoms with van der Waals surface area (Å²) < 4.78 is 0. The zero-order valence-corrected chi connectivity index (χ0v) is 9.23. The van der Waals surface area contributed by atoms with Crippen molar-refractivity contribution in [2.24, 2.45) is 5.73 Å². The molecule has 0 atom stereocenters. The van der Waals surface area contributed by atoms with Gasteiger partial charge in [-0.05, 0) is 32.1 Å². The van der Waals surface area contributed by atoms with Crippen LogP contribution in [0.15, 0.2) is 0 Å². The quantitative estimate of drug-likeness (QED) is 0.679. The van der Waals surface area contributed by atoms with Gasteiger partial charge in [-0.3, -0.25) is 0 Å². The summed E-state index contributed by atoms with van der Waals surface area (Å²) in [4.78, 5) is 0. The third-order valence-corrected chi connectivity index (χ3v) is 3.95. The molecule has 2 rings (SSSR count). The molecule has 2 heteroatoms. The topological polar surface area (TPSA) is 38.0 Å². The molecule has 0 aromatic rings. The molecule has 3 N–H and O–H groups in total. The zero-order chi connectivity index (χ0) is 9.86. The molecule has 0 bridgehead atoms. The van der Waals surface area contributed by atoms with Gasteiger partial charge in [0.25, 0.3) is 0 Å². The van der Waals surface area contributed by atoms with Crippen molar-refractivity contribution in [1.29, 1.82) is 0 Å². The Morgan fingerprint density at radius 2 is 1.64 bits per heavy atom. The molecule has 2 nitrogen and oxygen atoms in total. The van der Waals surface area contributed by atoms with Crippen LogP contribution in [0.5, 0.6) is 0 Å². The summed E-state index contributed by atoms with van der Waals surface area (Å²) in [6.07, 6.45) is 12.2. The summed E-state index contributed by atoms with van der Waals surface area (Å²) >= 11 is 0. The van der Waals surface area contributed by atoms with Crippen LogP contribution in [0, 0.1) is 0 Å². The lowest BCUT2D eigenvalue weighted by Gasteiger charge is -2.39. The van der Waals surface area contributed by atoms with Gasteiger partial charge in [-0.1, -0.05) is 25.7 Å². The van der Waals surface area contributed by atoms with Gasteiger partial charge in [0.05, 0.1) is 0 Å². The van der Waals surface area contributed by atoms with E-state index in [1.54, 1.807) is 0 Å². The molecule has 0 aromatic heterocycles. The molecule has 0 spiro atoms. The number of hydrogen-bond acceptors (Lipinski definition) is 2. The largest absolute Gasteiger partial charge is 0.324 e. The van der Waals surface area contributed by atoms with Gasteiger partial charge >= 0.3 is 0 Å². The Kier molecular flexibility index (Phi) is 3.45. The van der Waals surface area contributed by atoms with Gasteiger partial charge in [0, 0.05) is 18.1 Å². The van der Waals surface area contributed by atoms with Crippen LogP contribution >= 0.6 is 0 Å². The number of nitrogens with two attached hydrogens (primary N) is 1. The van der Waals surface area contributed by atoms with Gasteiger partial charge in [-0.15, -0.1) is 0 Å². The third-order valence-electron chi connectivity index (χ3n) is 3.95. The maximum absolute atomic E-state index is 6.20. The Morgan fingerprint density at radius 1 is 1.00 bits per heavy atom. The van der Waals surface area contributed by atoms with Crippen molar-refractivity contribution in [3.05, 3.63) is 0 Å². The highest BCUT2D eigenvalue weighted by Crippen LogP contribution is 2.28. The van der Waals surface area contributed by atoms with Crippen molar-refractivity contribution < 1.29 is 0 Å². The van der Waals surface area contributed by atoms with Crippen LogP contribution in [-0.4, -0.2) is 18.1 Å². The summed E-state index contributed by atoms with van der Waals surface area (Å²) in [5, 5.41) is 3.68.